The van der Waals surface area contributed by atoms with E-state index in [1.807, 2.05) is 0 Å². The number of aliphatic hydroxyl groups is 1. The molecule has 1 aromatic carbocycles. The average Bonchev–Trinajstić information content (AvgIpc) is 2.04. The zero-order chi connectivity index (χ0) is 9.14. The van der Waals surface area contributed by atoms with Gasteiger partial charge < -0.3 is 10.8 Å². The third kappa shape index (κ3) is 2.21. The van der Waals surface area contributed by atoms with Crippen molar-refractivity contribution in [3.63, 3.8) is 0 Å². The van der Waals surface area contributed by atoms with E-state index < -0.39 is 6.10 Å². The number of aliphatic hydroxyl groups excluding tert-OH is 1. The molecule has 0 aliphatic carbocycles. The van der Waals surface area contributed by atoms with Gasteiger partial charge >= 0.3 is 0 Å². The maximum Gasteiger partial charge on any atom is 0.0938 e. The van der Waals surface area contributed by atoms with E-state index in [-0.39, 0.29) is 6.04 Å². The number of nitrogens with two attached hydrogens (primary N) is 1. The molecule has 12 heavy (non-hydrogen) atoms. The molecule has 3 heteroatoms. The summed E-state index contributed by atoms with van der Waals surface area (Å²) in [6, 6.07) is 6.77. The van der Waals surface area contributed by atoms with Crippen molar-refractivity contribution >= 4 is 11.6 Å². The van der Waals surface area contributed by atoms with Gasteiger partial charge in [0, 0.05) is 11.1 Å². The molecule has 1 aromatic rings. The van der Waals surface area contributed by atoms with Gasteiger partial charge in [-0.25, -0.2) is 0 Å². The van der Waals surface area contributed by atoms with Gasteiger partial charge in [-0.05, 0) is 24.6 Å². The Labute approximate surface area is 77.0 Å². The zero-order valence-corrected chi connectivity index (χ0v) is 7.62. The second-order valence-electron chi connectivity index (χ2n) is 2.86. The lowest BCUT2D eigenvalue weighted by Crippen LogP contribution is -2.24. The van der Waals surface area contributed by atoms with Crippen LogP contribution < -0.4 is 5.73 Å². The van der Waals surface area contributed by atoms with Gasteiger partial charge in [-0.1, -0.05) is 23.7 Å². The Morgan fingerprint density at radius 2 is 1.83 bits per heavy atom. The number of halogens is 1. The first-order valence-electron chi connectivity index (χ1n) is 3.80. The van der Waals surface area contributed by atoms with Crippen LogP contribution in [0.3, 0.4) is 0 Å². The summed E-state index contributed by atoms with van der Waals surface area (Å²) in [6.45, 7) is 1.76. The Balaban J connectivity index is 2.82. The standard InChI is InChI=1S/C9H12ClNO/c1-6(11)9(12)7-2-4-8(10)5-3-7/h2-6,9,12H,11H2,1H3/t6-,9-/m1/s1. The summed E-state index contributed by atoms with van der Waals surface area (Å²) in [6.07, 6.45) is -0.609. The molecule has 66 valence electrons. The summed E-state index contributed by atoms with van der Waals surface area (Å²) in [4.78, 5) is 0. The lowest BCUT2D eigenvalue weighted by molar-refractivity contribution is 0.153. The highest BCUT2D eigenvalue weighted by molar-refractivity contribution is 6.30. The Hall–Kier alpha value is -0.570. The molecule has 0 radical (unpaired) electrons. The van der Waals surface area contributed by atoms with E-state index in [1.54, 1.807) is 31.2 Å². The van der Waals surface area contributed by atoms with Crippen molar-refractivity contribution in [2.45, 2.75) is 19.1 Å². The van der Waals surface area contributed by atoms with Crippen LogP contribution in [0.4, 0.5) is 0 Å². The molecular formula is C9H12ClNO. The molecule has 0 amide bonds. The highest BCUT2D eigenvalue weighted by atomic mass is 35.5. The fourth-order valence-corrected chi connectivity index (χ4v) is 1.09. The molecule has 0 heterocycles. The quantitative estimate of drug-likeness (QED) is 0.737. The molecule has 0 saturated carbocycles. The normalized spacial score (nSPS) is 15.7. The second kappa shape index (κ2) is 3.90. The third-order valence-electron chi connectivity index (χ3n) is 1.71. The number of hydrogen-bond donors (Lipinski definition) is 2. The molecule has 2 nitrogen and oxygen atoms in total. The van der Waals surface area contributed by atoms with Crippen LogP contribution in [0, 0.1) is 0 Å². The summed E-state index contributed by atoms with van der Waals surface area (Å²) >= 11 is 5.68. The summed E-state index contributed by atoms with van der Waals surface area (Å²) in [7, 11) is 0. The van der Waals surface area contributed by atoms with Gasteiger partial charge in [0.15, 0.2) is 0 Å². The Bertz CT molecular complexity index is 245. The second-order valence-corrected chi connectivity index (χ2v) is 3.29. The molecule has 1 rings (SSSR count). The predicted octanol–water partition coefficient (Wildman–Crippen LogP) is 1.72. The highest BCUT2D eigenvalue weighted by Gasteiger charge is 2.11. The van der Waals surface area contributed by atoms with Crippen LogP contribution in [0.2, 0.25) is 5.02 Å². The smallest absolute Gasteiger partial charge is 0.0938 e. The lowest BCUT2D eigenvalue weighted by atomic mass is 10.0. The average molecular weight is 186 g/mol. The van der Waals surface area contributed by atoms with E-state index in [1.165, 1.54) is 0 Å². The zero-order valence-electron chi connectivity index (χ0n) is 6.87. The molecule has 0 spiro atoms. The number of rotatable bonds is 2. The molecule has 0 aliphatic rings. The van der Waals surface area contributed by atoms with E-state index in [9.17, 15) is 5.11 Å². The largest absolute Gasteiger partial charge is 0.387 e. The van der Waals surface area contributed by atoms with E-state index >= 15 is 0 Å². The maximum atomic E-state index is 9.52. The van der Waals surface area contributed by atoms with E-state index in [0.29, 0.717) is 5.02 Å². The molecular weight excluding hydrogens is 174 g/mol. The molecule has 0 aliphatic heterocycles. The van der Waals surface area contributed by atoms with Gasteiger partial charge in [0.2, 0.25) is 0 Å². The highest BCUT2D eigenvalue weighted by Crippen LogP contribution is 2.17. The summed E-state index contributed by atoms with van der Waals surface area (Å²) in [5.41, 5.74) is 6.32. The predicted molar refractivity (Wildman–Crippen MR) is 50.1 cm³/mol. The molecule has 0 unspecified atom stereocenters. The van der Waals surface area contributed by atoms with Crippen molar-refractivity contribution in [1.82, 2.24) is 0 Å². The van der Waals surface area contributed by atoms with E-state index in [4.69, 9.17) is 17.3 Å². The summed E-state index contributed by atoms with van der Waals surface area (Å²) in [5.74, 6) is 0. The Morgan fingerprint density at radius 1 is 1.33 bits per heavy atom. The van der Waals surface area contributed by atoms with Crippen LogP contribution in [-0.4, -0.2) is 11.1 Å². The van der Waals surface area contributed by atoms with Gasteiger partial charge in [0.1, 0.15) is 0 Å². The van der Waals surface area contributed by atoms with Crippen molar-refractivity contribution in [1.29, 1.82) is 0 Å². The molecule has 0 saturated heterocycles. The van der Waals surface area contributed by atoms with Gasteiger partial charge in [0.25, 0.3) is 0 Å². The lowest BCUT2D eigenvalue weighted by Gasteiger charge is -2.14. The van der Waals surface area contributed by atoms with Crippen molar-refractivity contribution in [2.75, 3.05) is 0 Å². The maximum absolute atomic E-state index is 9.52. The molecule has 3 N–H and O–H groups in total. The third-order valence-corrected chi connectivity index (χ3v) is 1.96. The minimum absolute atomic E-state index is 0.258. The molecule has 0 fully saturated rings. The first-order valence-corrected chi connectivity index (χ1v) is 4.18. The van der Waals surface area contributed by atoms with Crippen LogP contribution in [0.5, 0.6) is 0 Å². The van der Waals surface area contributed by atoms with Crippen LogP contribution in [0.1, 0.15) is 18.6 Å². The minimum Gasteiger partial charge on any atom is -0.387 e. The fourth-order valence-electron chi connectivity index (χ4n) is 0.964. The van der Waals surface area contributed by atoms with Gasteiger partial charge in [-0.3, -0.25) is 0 Å². The van der Waals surface area contributed by atoms with E-state index in [2.05, 4.69) is 0 Å². The van der Waals surface area contributed by atoms with Crippen molar-refractivity contribution in [3.05, 3.63) is 34.9 Å². The minimum atomic E-state index is -0.609. The molecule has 0 bridgehead atoms. The Kier molecular flexibility index (Phi) is 3.09. The van der Waals surface area contributed by atoms with Crippen molar-refractivity contribution in [3.8, 4) is 0 Å². The Morgan fingerprint density at radius 3 is 2.25 bits per heavy atom. The topological polar surface area (TPSA) is 46.2 Å². The van der Waals surface area contributed by atoms with Gasteiger partial charge in [-0.15, -0.1) is 0 Å². The van der Waals surface area contributed by atoms with Crippen LogP contribution >= 0.6 is 11.6 Å². The molecule has 0 aromatic heterocycles. The van der Waals surface area contributed by atoms with Crippen LogP contribution in [0.25, 0.3) is 0 Å². The van der Waals surface area contributed by atoms with Crippen molar-refractivity contribution in [2.24, 2.45) is 5.73 Å². The van der Waals surface area contributed by atoms with Gasteiger partial charge in [0.05, 0.1) is 6.10 Å². The SMILES string of the molecule is C[C@@H](N)[C@@H](O)c1ccc(Cl)cc1. The fraction of sp³-hybridized carbons (Fsp3) is 0.333. The molecule has 2 atom stereocenters. The number of benzene rings is 1. The summed E-state index contributed by atoms with van der Waals surface area (Å²) < 4.78 is 0. The van der Waals surface area contributed by atoms with Gasteiger partial charge in [-0.2, -0.15) is 0 Å². The number of hydrogen-bond acceptors (Lipinski definition) is 2. The van der Waals surface area contributed by atoms with E-state index in [0.717, 1.165) is 5.56 Å². The van der Waals surface area contributed by atoms with Crippen LogP contribution in [0.15, 0.2) is 24.3 Å². The first kappa shape index (κ1) is 9.52. The monoisotopic (exact) mass is 185 g/mol. The summed E-state index contributed by atoms with van der Waals surface area (Å²) in [5, 5.41) is 10.2. The first-order chi connectivity index (χ1) is 5.61. The van der Waals surface area contributed by atoms with Crippen molar-refractivity contribution < 1.29 is 5.11 Å². The van der Waals surface area contributed by atoms with Crippen LogP contribution in [-0.2, 0) is 0 Å².